The van der Waals surface area contributed by atoms with E-state index in [0.29, 0.717) is 24.3 Å². The highest BCUT2D eigenvalue weighted by molar-refractivity contribution is 9.10. The molecular weight excluding hydrogens is 381 g/mol. The highest BCUT2D eigenvalue weighted by atomic mass is 79.9. The quantitative estimate of drug-likeness (QED) is 0.874. The molecule has 0 amide bonds. The molecule has 112 valence electrons. The Balaban J connectivity index is 1.81. The number of benzene rings is 1. The Morgan fingerprint density at radius 1 is 1.43 bits per heavy atom. The average molecular weight is 392 g/mol. The van der Waals surface area contributed by atoms with Crippen LogP contribution in [0.3, 0.4) is 0 Å². The first kappa shape index (κ1) is 14.9. The zero-order chi connectivity index (χ0) is 15.0. The van der Waals surface area contributed by atoms with Gasteiger partial charge in [0.25, 0.3) is 0 Å². The Morgan fingerprint density at radius 2 is 2.24 bits per heavy atom. The van der Waals surface area contributed by atoms with Gasteiger partial charge in [-0.15, -0.1) is 0 Å². The molecule has 0 unspecified atom stereocenters. The van der Waals surface area contributed by atoms with Crippen LogP contribution in [0.15, 0.2) is 28.9 Å². The fourth-order valence-corrected chi connectivity index (χ4v) is 4.75. The van der Waals surface area contributed by atoms with Crippen LogP contribution in [-0.4, -0.2) is 24.3 Å². The van der Waals surface area contributed by atoms with Crippen molar-refractivity contribution in [2.45, 2.75) is 13.0 Å². The maximum atomic E-state index is 12.9. The van der Waals surface area contributed by atoms with Crippen LogP contribution in [0.5, 0.6) is 0 Å². The SMILES string of the molecule is O=S(=O)(Nc1ncc(F)s1)N1CCc2c(Br)cccc2C1. The van der Waals surface area contributed by atoms with Gasteiger partial charge in [0.2, 0.25) is 0 Å². The highest BCUT2D eigenvalue weighted by Crippen LogP contribution is 2.28. The molecule has 2 heterocycles. The Morgan fingerprint density at radius 3 is 2.95 bits per heavy atom. The van der Waals surface area contributed by atoms with Crippen molar-refractivity contribution < 1.29 is 12.8 Å². The van der Waals surface area contributed by atoms with Crippen molar-refractivity contribution in [3.8, 4) is 0 Å². The number of thiazole rings is 1. The molecule has 0 fully saturated rings. The number of rotatable bonds is 3. The van der Waals surface area contributed by atoms with Crippen LogP contribution in [0.1, 0.15) is 11.1 Å². The lowest BCUT2D eigenvalue weighted by molar-refractivity contribution is 0.394. The minimum Gasteiger partial charge on any atom is -0.246 e. The van der Waals surface area contributed by atoms with Crippen molar-refractivity contribution in [3.63, 3.8) is 0 Å². The summed E-state index contributed by atoms with van der Waals surface area (Å²) in [5, 5.41) is -0.492. The highest BCUT2D eigenvalue weighted by Gasteiger charge is 2.28. The summed E-state index contributed by atoms with van der Waals surface area (Å²) >= 11 is 4.14. The molecule has 1 aromatic heterocycles. The van der Waals surface area contributed by atoms with Crippen LogP contribution in [-0.2, 0) is 23.2 Å². The van der Waals surface area contributed by atoms with Gasteiger partial charge >= 0.3 is 10.2 Å². The summed E-state index contributed by atoms with van der Waals surface area (Å²) in [5.74, 6) is 0. The van der Waals surface area contributed by atoms with Gasteiger partial charge in [0.05, 0.1) is 6.20 Å². The van der Waals surface area contributed by atoms with Gasteiger partial charge in [-0.25, -0.2) is 9.71 Å². The summed E-state index contributed by atoms with van der Waals surface area (Å²) in [6.07, 6.45) is 1.62. The van der Waals surface area contributed by atoms with Crippen molar-refractivity contribution in [2.24, 2.45) is 0 Å². The van der Waals surface area contributed by atoms with Gasteiger partial charge in [0.15, 0.2) is 10.3 Å². The zero-order valence-electron chi connectivity index (χ0n) is 10.7. The van der Waals surface area contributed by atoms with Crippen molar-refractivity contribution in [3.05, 3.63) is 45.1 Å². The third-order valence-electron chi connectivity index (χ3n) is 3.21. The maximum absolute atomic E-state index is 12.9. The molecule has 1 N–H and O–H groups in total. The number of hydrogen-bond donors (Lipinski definition) is 1. The average Bonchev–Trinajstić information content (AvgIpc) is 2.83. The van der Waals surface area contributed by atoms with Gasteiger partial charge < -0.3 is 0 Å². The summed E-state index contributed by atoms with van der Waals surface area (Å²) in [6, 6.07) is 5.73. The minimum absolute atomic E-state index is 0.0348. The Bertz CT molecular complexity index is 779. The largest absolute Gasteiger partial charge is 0.303 e. The molecule has 5 nitrogen and oxygen atoms in total. The molecule has 0 spiro atoms. The van der Waals surface area contributed by atoms with Crippen molar-refractivity contribution in [2.75, 3.05) is 11.3 Å². The van der Waals surface area contributed by atoms with Gasteiger partial charge in [0, 0.05) is 17.6 Å². The van der Waals surface area contributed by atoms with E-state index in [9.17, 15) is 12.8 Å². The molecule has 1 aliphatic heterocycles. The minimum atomic E-state index is -3.73. The summed E-state index contributed by atoms with van der Waals surface area (Å²) in [7, 11) is -3.73. The normalized spacial score (nSPS) is 15.7. The molecule has 0 bridgehead atoms. The van der Waals surface area contributed by atoms with E-state index in [4.69, 9.17) is 0 Å². The fraction of sp³-hybridized carbons (Fsp3) is 0.250. The zero-order valence-corrected chi connectivity index (χ0v) is 13.9. The van der Waals surface area contributed by atoms with E-state index in [1.165, 1.54) is 4.31 Å². The number of aromatic nitrogens is 1. The van der Waals surface area contributed by atoms with Crippen molar-refractivity contribution in [1.82, 2.24) is 9.29 Å². The van der Waals surface area contributed by atoms with Crippen molar-refractivity contribution in [1.29, 1.82) is 0 Å². The first-order valence-electron chi connectivity index (χ1n) is 6.11. The molecule has 0 saturated heterocycles. The number of anilines is 1. The predicted octanol–water partition coefficient (Wildman–Crippen LogP) is 2.76. The van der Waals surface area contributed by atoms with E-state index < -0.39 is 15.3 Å². The number of nitrogens with zero attached hydrogens (tertiary/aromatic N) is 2. The lowest BCUT2D eigenvalue weighted by atomic mass is 10.0. The first-order chi connectivity index (χ1) is 9.95. The lowest BCUT2D eigenvalue weighted by Crippen LogP contribution is -2.39. The predicted molar refractivity (Wildman–Crippen MR) is 82.9 cm³/mol. The third-order valence-corrected chi connectivity index (χ3v) is 6.22. The molecule has 1 aliphatic rings. The molecule has 0 saturated carbocycles. The van der Waals surface area contributed by atoms with E-state index >= 15 is 0 Å². The maximum Gasteiger partial charge on any atom is 0.303 e. The Hall–Kier alpha value is -1.03. The second-order valence-electron chi connectivity index (χ2n) is 4.54. The van der Waals surface area contributed by atoms with Crippen LogP contribution >= 0.6 is 27.3 Å². The molecule has 3 rings (SSSR count). The van der Waals surface area contributed by atoms with E-state index in [-0.39, 0.29) is 11.7 Å². The topological polar surface area (TPSA) is 62.3 Å². The third kappa shape index (κ3) is 3.10. The van der Waals surface area contributed by atoms with Gasteiger partial charge in [-0.3, -0.25) is 0 Å². The monoisotopic (exact) mass is 391 g/mol. The van der Waals surface area contributed by atoms with E-state index in [1.807, 2.05) is 18.2 Å². The van der Waals surface area contributed by atoms with Crippen LogP contribution in [0, 0.1) is 5.13 Å². The molecule has 0 aliphatic carbocycles. The number of halogens is 2. The Kier molecular flexibility index (Phi) is 4.00. The number of fused-ring (bicyclic) bond motifs is 1. The summed E-state index contributed by atoms with van der Waals surface area (Å²) < 4.78 is 42.1. The Labute approximate surface area is 134 Å². The molecule has 21 heavy (non-hydrogen) atoms. The van der Waals surface area contributed by atoms with Gasteiger partial charge in [-0.2, -0.15) is 17.1 Å². The van der Waals surface area contributed by atoms with E-state index in [0.717, 1.165) is 21.8 Å². The summed E-state index contributed by atoms with van der Waals surface area (Å²) in [5.41, 5.74) is 2.09. The van der Waals surface area contributed by atoms with E-state index in [1.54, 1.807) is 0 Å². The van der Waals surface area contributed by atoms with Crippen LogP contribution in [0.25, 0.3) is 0 Å². The molecule has 0 atom stereocenters. The molecular formula is C12H11BrFN3O2S2. The van der Waals surface area contributed by atoms with Gasteiger partial charge in [0.1, 0.15) is 0 Å². The van der Waals surface area contributed by atoms with Crippen LogP contribution in [0.4, 0.5) is 9.52 Å². The van der Waals surface area contributed by atoms with Crippen LogP contribution in [0.2, 0.25) is 0 Å². The standard InChI is InChI=1S/C12H11BrFN3O2S2/c13-10-3-1-2-8-7-17(5-4-9(8)10)21(18,19)16-12-15-6-11(14)20-12/h1-3,6H,4-5,7H2,(H,15,16). The molecule has 0 radical (unpaired) electrons. The fourth-order valence-electron chi connectivity index (χ4n) is 2.22. The van der Waals surface area contributed by atoms with Gasteiger partial charge in [-0.05, 0) is 23.6 Å². The summed E-state index contributed by atoms with van der Waals surface area (Å²) in [4.78, 5) is 3.67. The second kappa shape index (κ2) is 5.64. The smallest absolute Gasteiger partial charge is 0.246 e. The van der Waals surface area contributed by atoms with Crippen molar-refractivity contribution >= 4 is 42.6 Å². The number of hydrogen-bond acceptors (Lipinski definition) is 4. The molecule has 2 aromatic rings. The van der Waals surface area contributed by atoms with E-state index in [2.05, 4.69) is 25.6 Å². The van der Waals surface area contributed by atoms with Gasteiger partial charge in [-0.1, -0.05) is 39.4 Å². The second-order valence-corrected chi connectivity index (χ2v) is 8.04. The number of nitrogens with one attached hydrogen (secondary N) is 1. The molecule has 9 heteroatoms. The summed E-state index contributed by atoms with van der Waals surface area (Å²) in [6.45, 7) is 0.663. The lowest BCUT2D eigenvalue weighted by Gasteiger charge is -2.28. The molecule has 1 aromatic carbocycles. The van der Waals surface area contributed by atoms with Crippen LogP contribution < -0.4 is 4.72 Å². The first-order valence-corrected chi connectivity index (χ1v) is 9.16.